The number of rotatable bonds is 3. The molecular weight excluding hydrogens is 320 g/mol. The van der Waals surface area contributed by atoms with Crippen molar-refractivity contribution < 1.29 is 9.30 Å². The van der Waals surface area contributed by atoms with Crippen LogP contribution in [0.3, 0.4) is 0 Å². The highest BCUT2D eigenvalue weighted by atomic mass is 16.5. The van der Waals surface area contributed by atoms with Gasteiger partial charge in [0.2, 0.25) is 0 Å². The van der Waals surface area contributed by atoms with E-state index in [2.05, 4.69) is 82.0 Å². The molecule has 0 atom stereocenters. The summed E-state index contributed by atoms with van der Waals surface area (Å²) in [6.45, 7) is 0.822. The van der Waals surface area contributed by atoms with Crippen molar-refractivity contribution in [2.24, 2.45) is 0 Å². The van der Waals surface area contributed by atoms with Gasteiger partial charge in [-0.25, -0.2) is 4.57 Å². The Kier molecular flexibility index (Phi) is 3.39. The molecule has 5 rings (SSSR count). The van der Waals surface area contributed by atoms with Gasteiger partial charge in [0.05, 0.1) is 12.5 Å². The van der Waals surface area contributed by atoms with Crippen molar-refractivity contribution in [2.45, 2.75) is 6.54 Å². The Morgan fingerprint density at radius 2 is 1.50 bits per heavy atom. The van der Waals surface area contributed by atoms with Crippen molar-refractivity contribution in [1.82, 2.24) is 4.40 Å². The number of benzene rings is 3. The van der Waals surface area contributed by atoms with Crippen LogP contribution >= 0.6 is 0 Å². The smallest absolute Gasteiger partial charge is 0.294 e. The number of pyridine rings is 1. The van der Waals surface area contributed by atoms with E-state index in [1.165, 1.54) is 32.9 Å². The fourth-order valence-corrected chi connectivity index (χ4v) is 3.79. The van der Waals surface area contributed by atoms with Crippen molar-refractivity contribution in [1.29, 1.82) is 0 Å². The number of fused-ring (bicyclic) bond motifs is 6. The molecule has 3 nitrogen and oxygen atoms in total. The Bertz CT molecular complexity index is 1240. The molecule has 0 saturated heterocycles. The molecule has 0 bridgehead atoms. The van der Waals surface area contributed by atoms with Crippen LogP contribution in [-0.4, -0.2) is 11.5 Å². The Morgan fingerprint density at radius 3 is 2.27 bits per heavy atom. The van der Waals surface area contributed by atoms with Crippen LogP contribution in [0.1, 0.15) is 5.56 Å². The standard InChI is InChI=1S/C23H19N2O/c1-26-18-12-10-17(11-13-18)16-24-14-15-25-22-9-5-4-7-20(22)19-6-2-3-8-21(19)23(24)25/h2-15H,16H2,1H3/q+1. The average Bonchev–Trinajstić information content (AvgIpc) is 3.13. The van der Waals surface area contributed by atoms with Crippen molar-refractivity contribution in [3.63, 3.8) is 0 Å². The van der Waals surface area contributed by atoms with Crippen LogP contribution < -0.4 is 9.30 Å². The molecule has 0 aliphatic carbocycles. The predicted octanol–water partition coefficient (Wildman–Crippen LogP) is 4.59. The molecule has 2 heterocycles. The lowest BCUT2D eigenvalue weighted by Crippen LogP contribution is -2.33. The lowest BCUT2D eigenvalue weighted by atomic mass is 10.1. The van der Waals surface area contributed by atoms with E-state index in [4.69, 9.17) is 4.74 Å². The minimum atomic E-state index is 0.822. The van der Waals surface area contributed by atoms with E-state index in [9.17, 15) is 0 Å². The van der Waals surface area contributed by atoms with Gasteiger partial charge in [-0.2, -0.15) is 4.40 Å². The fourth-order valence-electron chi connectivity index (χ4n) is 3.79. The van der Waals surface area contributed by atoms with Crippen molar-refractivity contribution in [3.05, 3.63) is 90.8 Å². The Balaban J connectivity index is 1.76. The van der Waals surface area contributed by atoms with Gasteiger partial charge in [0, 0.05) is 10.8 Å². The first-order valence-electron chi connectivity index (χ1n) is 8.78. The summed E-state index contributed by atoms with van der Waals surface area (Å²) < 4.78 is 9.88. The number of hydrogen-bond acceptors (Lipinski definition) is 1. The lowest BCUT2D eigenvalue weighted by Gasteiger charge is -2.06. The molecule has 0 fully saturated rings. The molecule has 0 aliphatic heterocycles. The molecule has 3 heteroatoms. The Labute approximate surface area is 151 Å². The highest BCUT2D eigenvalue weighted by Gasteiger charge is 2.18. The minimum Gasteiger partial charge on any atom is -0.497 e. The maximum Gasteiger partial charge on any atom is 0.294 e. The van der Waals surface area contributed by atoms with Gasteiger partial charge in [-0.1, -0.05) is 48.5 Å². The van der Waals surface area contributed by atoms with E-state index >= 15 is 0 Å². The van der Waals surface area contributed by atoms with E-state index < -0.39 is 0 Å². The molecule has 0 unspecified atom stereocenters. The molecular formula is C23H19N2O+. The first-order valence-corrected chi connectivity index (χ1v) is 8.78. The monoisotopic (exact) mass is 339 g/mol. The second-order valence-electron chi connectivity index (χ2n) is 6.53. The summed E-state index contributed by atoms with van der Waals surface area (Å²) in [5, 5.41) is 3.84. The maximum absolute atomic E-state index is 5.27. The molecule has 0 amide bonds. The largest absolute Gasteiger partial charge is 0.497 e. The zero-order valence-electron chi connectivity index (χ0n) is 14.6. The molecule has 2 aromatic heterocycles. The number of methoxy groups -OCH3 is 1. The zero-order valence-corrected chi connectivity index (χ0v) is 14.6. The summed E-state index contributed by atoms with van der Waals surface area (Å²) in [6, 6.07) is 25.5. The van der Waals surface area contributed by atoms with Crippen molar-refractivity contribution in [3.8, 4) is 5.75 Å². The van der Waals surface area contributed by atoms with Gasteiger partial charge in [-0.3, -0.25) is 0 Å². The molecule has 0 saturated carbocycles. The Morgan fingerprint density at radius 1 is 0.808 bits per heavy atom. The van der Waals surface area contributed by atoms with Crippen LogP contribution in [0.15, 0.2) is 85.2 Å². The van der Waals surface area contributed by atoms with Gasteiger partial charge >= 0.3 is 0 Å². The summed E-state index contributed by atoms with van der Waals surface area (Å²) in [6.07, 6.45) is 4.33. The fraction of sp³-hybridized carbons (Fsp3) is 0.0870. The topological polar surface area (TPSA) is 17.5 Å². The highest BCUT2D eigenvalue weighted by Crippen LogP contribution is 2.28. The van der Waals surface area contributed by atoms with Crippen LogP contribution in [0.5, 0.6) is 5.75 Å². The van der Waals surface area contributed by atoms with E-state index in [0.29, 0.717) is 0 Å². The van der Waals surface area contributed by atoms with E-state index in [-0.39, 0.29) is 0 Å². The second kappa shape index (κ2) is 5.88. The molecule has 5 aromatic rings. The normalized spacial score (nSPS) is 11.4. The van der Waals surface area contributed by atoms with Crippen LogP contribution in [0.4, 0.5) is 0 Å². The van der Waals surface area contributed by atoms with Crippen LogP contribution in [0.2, 0.25) is 0 Å². The first-order chi connectivity index (χ1) is 12.8. The molecule has 3 aromatic carbocycles. The van der Waals surface area contributed by atoms with Gasteiger partial charge < -0.3 is 4.74 Å². The molecule has 26 heavy (non-hydrogen) atoms. The summed E-state index contributed by atoms with van der Waals surface area (Å²) in [5.41, 5.74) is 3.70. The summed E-state index contributed by atoms with van der Waals surface area (Å²) >= 11 is 0. The van der Waals surface area contributed by atoms with E-state index in [0.717, 1.165) is 12.3 Å². The van der Waals surface area contributed by atoms with Crippen molar-refractivity contribution >= 4 is 27.3 Å². The third kappa shape index (κ3) is 2.25. The maximum atomic E-state index is 5.27. The van der Waals surface area contributed by atoms with Gasteiger partial charge in [-0.15, -0.1) is 0 Å². The zero-order chi connectivity index (χ0) is 17.5. The number of hydrogen-bond donors (Lipinski definition) is 0. The number of imidazole rings is 1. The predicted molar refractivity (Wildman–Crippen MR) is 105 cm³/mol. The SMILES string of the molecule is COc1ccc(C[n+]2ccn3c4ccccc4c4ccccc4c32)cc1. The van der Waals surface area contributed by atoms with Gasteiger partial charge in [0.15, 0.2) is 0 Å². The minimum absolute atomic E-state index is 0.822. The van der Waals surface area contributed by atoms with Crippen LogP contribution in [0, 0.1) is 0 Å². The van der Waals surface area contributed by atoms with Crippen molar-refractivity contribution in [2.75, 3.05) is 7.11 Å². The lowest BCUT2D eigenvalue weighted by molar-refractivity contribution is -0.661. The third-order valence-corrected chi connectivity index (χ3v) is 5.03. The molecule has 0 aliphatic rings. The van der Waals surface area contributed by atoms with Crippen LogP contribution in [-0.2, 0) is 6.54 Å². The molecule has 0 radical (unpaired) electrons. The first kappa shape index (κ1) is 15.0. The Hall–Kier alpha value is -3.33. The van der Waals surface area contributed by atoms with Gasteiger partial charge in [0.1, 0.15) is 30.2 Å². The summed E-state index contributed by atoms with van der Waals surface area (Å²) in [7, 11) is 1.70. The third-order valence-electron chi connectivity index (χ3n) is 5.03. The second-order valence-corrected chi connectivity index (χ2v) is 6.53. The number of ether oxygens (including phenoxy) is 1. The van der Waals surface area contributed by atoms with E-state index in [1.54, 1.807) is 7.11 Å². The summed E-state index contributed by atoms with van der Waals surface area (Å²) in [4.78, 5) is 0. The average molecular weight is 339 g/mol. The number of para-hydroxylation sites is 1. The summed E-state index contributed by atoms with van der Waals surface area (Å²) in [5.74, 6) is 0.886. The molecule has 0 N–H and O–H groups in total. The van der Waals surface area contributed by atoms with Gasteiger partial charge in [-0.05, 0) is 29.8 Å². The number of nitrogens with zero attached hydrogens (tertiary/aromatic N) is 2. The highest BCUT2D eigenvalue weighted by molar-refractivity contribution is 6.10. The van der Waals surface area contributed by atoms with Crippen LogP contribution in [0.25, 0.3) is 27.3 Å². The quantitative estimate of drug-likeness (QED) is 0.347. The van der Waals surface area contributed by atoms with Gasteiger partial charge in [0.25, 0.3) is 5.65 Å². The molecule has 0 spiro atoms. The van der Waals surface area contributed by atoms with E-state index in [1.807, 2.05) is 12.1 Å². The number of aromatic nitrogens is 2. The molecule has 126 valence electrons.